The molecule has 8 heteroatoms. The normalized spacial score (nSPS) is 16.8. The van der Waals surface area contributed by atoms with Crippen molar-refractivity contribution in [2.24, 2.45) is 0 Å². The molecule has 23 heavy (non-hydrogen) atoms. The van der Waals surface area contributed by atoms with E-state index in [4.69, 9.17) is 4.74 Å². The van der Waals surface area contributed by atoms with Crippen molar-refractivity contribution in [1.82, 2.24) is 14.9 Å². The number of carbonyl (C=O) groups is 1. The van der Waals surface area contributed by atoms with Crippen molar-refractivity contribution in [3.05, 3.63) is 43.0 Å². The third kappa shape index (κ3) is 5.51. The molecule has 0 spiro atoms. The van der Waals surface area contributed by atoms with E-state index < -0.39 is 0 Å². The topological polar surface area (TPSA) is 68.2 Å². The zero-order valence-electron chi connectivity index (χ0n) is 12.5. The van der Waals surface area contributed by atoms with Crippen LogP contribution in [0.4, 0.5) is 5.69 Å². The molecule has 1 aromatic carbocycles. The average Bonchev–Trinajstić information content (AvgIpc) is 3.02. The van der Waals surface area contributed by atoms with E-state index in [0.29, 0.717) is 13.0 Å². The van der Waals surface area contributed by atoms with Crippen molar-refractivity contribution in [3.8, 4) is 5.69 Å². The molecule has 0 aliphatic carbocycles. The van der Waals surface area contributed by atoms with Gasteiger partial charge in [0.2, 0.25) is 5.91 Å². The fraction of sp³-hybridized carbons (Fsp3) is 0.333. The maximum Gasteiger partial charge on any atom is 0.227 e. The minimum absolute atomic E-state index is 0. The number of ether oxygens (including phenoxy) is 1. The van der Waals surface area contributed by atoms with Gasteiger partial charge in [0.05, 0.1) is 25.5 Å². The Bertz CT molecular complexity index is 601. The molecule has 1 unspecified atom stereocenters. The molecule has 1 atom stereocenters. The van der Waals surface area contributed by atoms with Gasteiger partial charge in [-0.2, -0.15) is 0 Å². The van der Waals surface area contributed by atoms with Crippen LogP contribution in [0, 0.1) is 0 Å². The highest BCUT2D eigenvalue weighted by atomic mass is 35.5. The number of nitrogens with one attached hydrogen (secondary N) is 2. The maximum atomic E-state index is 12.0. The second kappa shape index (κ2) is 9.52. The second-order valence-corrected chi connectivity index (χ2v) is 4.97. The van der Waals surface area contributed by atoms with Gasteiger partial charge in [-0.25, -0.2) is 4.98 Å². The standard InChI is InChI=1S/C15H18N4O2.2ClH/c20-15(9-14-10-16-5-7-21-14)18-12-2-1-3-13(8-12)19-6-4-17-11-19;;/h1-4,6,8,11,14,16H,5,7,9-10H2,(H,18,20);2*1H. The summed E-state index contributed by atoms with van der Waals surface area (Å²) in [5.74, 6) is -0.0357. The summed E-state index contributed by atoms with van der Waals surface area (Å²) < 4.78 is 7.43. The Hall–Kier alpha value is -1.60. The first-order valence-electron chi connectivity index (χ1n) is 7.02. The Morgan fingerprint density at radius 2 is 2.30 bits per heavy atom. The molecule has 2 aromatic rings. The van der Waals surface area contributed by atoms with Crippen molar-refractivity contribution in [2.45, 2.75) is 12.5 Å². The third-order valence-corrected chi connectivity index (χ3v) is 3.35. The average molecular weight is 359 g/mol. The molecule has 6 nitrogen and oxygen atoms in total. The minimum Gasteiger partial charge on any atom is -0.375 e. The molecule has 2 N–H and O–H groups in total. The van der Waals surface area contributed by atoms with Crippen LogP contribution in [0.3, 0.4) is 0 Å². The first-order chi connectivity index (χ1) is 10.3. The Labute approximate surface area is 147 Å². The summed E-state index contributed by atoms with van der Waals surface area (Å²) in [6.07, 6.45) is 5.63. The predicted molar refractivity (Wildman–Crippen MR) is 93.9 cm³/mol. The molecule has 1 saturated heterocycles. The smallest absolute Gasteiger partial charge is 0.227 e. The molecule has 0 bridgehead atoms. The van der Waals surface area contributed by atoms with Crippen molar-refractivity contribution < 1.29 is 9.53 Å². The lowest BCUT2D eigenvalue weighted by atomic mass is 10.2. The molecule has 0 saturated carbocycles. The van der Waals surface area contributed by atoms with Crippen LogP contribution in [0.15, 0.2) is 43.0 Å². The summed E-state index contributed by atoms with van der Waals surface area (Å²) in [5, 5.41) is 6.13. The van der Waals surface area contributed by atoms with Crippen molar-refractivity contribution in [2.75, 3.05) is 25.0 Å². The van der Waals surface area contributed by atoms with E-state index >= 15 is 0 Å². The number of hydrogen-bond donors (Lipinski definition) is 2. The largest absolute Gasteiger partial charge is 0.375 e. The Morgan fingerprint density at radius 3 is 3.00 bits per heavy atom. The fourth-order valence-electron chi connectivity index (χ4n) is 2.33. The lowest BCUT2D eigenvalue weighted by molar-refractivity contribution is -0.119. The van der Waals surface area contributed by atoms with Crippen LogP contribution < -0.4 is 10.6 Å². The summed E-state index contributed by atoms with van der Waals surface area (Å²) in [7, 11) is 0. The minimum atomic E-state index is -0.0458. The SMILES string of the molecule is Cl.Cl.O=C(CC1CNCCO1)Nc1cccc(-n2ccnc2)c1. The molecule has 1 aromatic heterocycles. The fourth-order valence-corrected chi connectivity index (χ4v) is 2.33. The van der Waals surface area contributed by atoms with Gasteiger partial charge in [0.1, 0.15) is 0 Å². The molecule has 126 valence electrons. The molecule has 2 heterocycles. The van der Waals surface area contributed by atoms with E-state index in [0.717, 1.165) is 24.5 Å². The number of hydrogen-bond acceptors (Lipinski definition) is 4. The molecule has 0 radical (unpaired) electrons. The molecule has 3 rings (SSSR count). The zero-order chi connectivity index (χ0) is 14.5. The molecule has 1 aliphatic rings. The molecular formula is C15H20Cl2N4O2. The van der Waals surface area contributed by atoms with Crippen LogP contribution in [-0.4, -0.2) is 41.3 Å². The predicted octanol–water partition coefficient (Wildman–Crippen LogP) is 2.03. The van der Waals surface area contributed by atoms with Crippen LogP contribution >= 0.6 is 24.8 Å². The summed E-state index contributed by atoms with van der Waals surface area (Å²) >= 11 is 0. The number of amides is 1. The lowest BCUT2D eigenvalue weighted by Gasteiger charge is -2.23. The summed E-state index contributed by atoms with van der Waals surface area (Å²) in [6, 6.07) is 7.66. The number of nitrogens with zero attached hydrogens (tertiary/aromatic N) is 2. The molecule has 1 aliphatic heterocycles. The van der Waals surface area contributed by atoms with Gasteiger partial charge in [-0.05, 0) is 18.2 Å². The summed E-state index contributed by atoms with van der Waals surface area (Å²) in [5.41, 5.74) is 1.73. The van der Waals surface area contributed by atoms with E-state index in [-0.39, 0.29) is 36.8 Å². The number of aromatic nitrogens is 2. The quantitative estimate of drug-likeness (QED) is 0.877. The third-order valence-electron chi connectivity index (χ3n) is 3.35. The number of carbonyl (C=O) groups excluding carboxylic acids is 1. The van der Waals surface area contributed by atoms with Gasteiger partial charge in [0.25, 0.3) is 0 Å². The first-order valence-corrected chi connectivity index (χ1v) is 7.02. The highest BCUT2D eigenvalue weighted by Gasteiger charge is 2.17. The van der Waals surface area contributed by atoms with Crippen molar-refractivity contribution in [1.29, 1.82) is 0 Å². The molecule has 1 fully saturated rings. The van der Waals surface area contributed by atoms with Crippen LogP contribution in [0.25, 0.3) is 5.69 Å². The summed E-state index contributed by atoms with van der Waals surface area (Å²) in [6.45, 7) is 2.24. The van der Waals surface area contributed by atoms with Gasteiger partial charge in [0, 0.05) is 36.9 Å². The van der Waals surface area contributed by atoms with Crippen LogP contribution in [-0.2, 0) is 9.53 Å². The van der Waals surface area contributed by atoms with Crippen LogP contribution in [0.1, 0.15) is 6.42 Å². The van der Waals surface area contributed by atoms with E-state index in [2.05, 4.69) is 15.6 Å². The first kappa shape index (κ1) is 19.4. The van der Waals surface area contributed by atoms with Gasteiger partial charge in [-0.1, -0.05) is 6.07 Å². The number of halogens is 2. The lowest BCUT2D eigenvalue weighted by Crippen LogP contribution is -2.40. The van der Waals surface area contributed by atoms with Crippen molar-refractivity contribution in [3.63, 3.8) is 0 Å². The maximum absolute atomic E-state index is 12.0. The number of rotatable bonds is 4. The van der Waals surface area contributed by atoms with Gasteiger partial charge >= 0.3 is 0 Å². The molecule has 1 amide bonds. The van der Waals surface area contributed by atoms with Gasteiger partial charge in [-0.15, -0.1) is 24.8 Å². The zero-order valence-corrected chi connectivity index (χ0v) is 14.1. The van der Waals surface area contributed by atoms with Gasteiger partial charge in [-0.3, -0.25) is 4.79 Å². The Kier molecular flexibility index (Phi) is 8.05. The van der Waals surface area contributed by atoms with Gasteiger partial charge < -0.3 is 19.9 Å². The number of imidazole rings is 1. The number of morpholine rings is 1. The molecular weight excluding hydrogens is 339 g/mol. The van der Waals surface area contributed by atoms with E-state index in [1.165, 1.54) is 0 Å². The monoisotopic (exact) mass is 358 g/mol. The van der Waals surface area contributed by atoms with E-state index in [1.54, 1.807) is 12.5 Å². The Morgan fingerprint density at radius 1 is 1.43 bits per heavy atom. The second-order valence-electron chi connectivity index (χ2n) is 4.97. The van der Waals surface area contributed by atoms with E-state index in [1.807, 2.05) is 35.0 Å². The van der Waals surface area contributed by atoms with Crippen LogP contribution in [0.5, 0.6) is 0 Å². The Balaban J connectivity index is 0.00000132. The van der Waals surface area contributed by atoms with Crippen molar-refractivity contribution >= 4 is 36.4 Å². The van der Waals surface area contributed by atoms with Crippen LogP contribution in [0.2, 0.25) is 0 Å². The summed E-state index contributed by atoms with van der Waals surface area (Å²) in [4.78, 5) is 16.1. The highest BCUT2D eigenvalue weighted by molar-refractivity contribution is 5.91. The highest BCUT2D eigenvalue weighted by Crippen LogP contribution is 2.15. The van der Waals surface area contributed by atoms with Gasteiger partial charge in [0.15, 0.2) is 0 Å². The number of anilines is 1. The van der Waals surface area contributed by atoms with E-state index in [9.17, 15) is 4.79 Å². The number of benzene rings is 1.